The van der Waals surface area contributed by atoms with Crippen molar-refractivity contribution in [2.75, 3.05) is 20.3 Å². The van der Waals surface area contributed by atoms with E-state index in [0.717, 1.165) is 18.2 Å². The van der Waals surface area contributed by atoms with Gasteiger partial charge in [0.15, 0.2) is 0 Å². The molecule has 1 unspecified atom stereocenters. The Morgan fingerprint density at radius 3 is 2.75 bits per heavy atom. The molecule has 0 amide bonds. The van der Waals surface area contributed by atoms with Crippen LogP contribution in [0.5, 0.6) is 0 Å². The van der Waals surface area contributed by atoms with Crippen molar-refractivity contribution in [3.8, 4) is 0 Å². The Hall–Kier alpha value is -0.730. The van der Waals surface area contributed by atoms with Crippen molar-refractivity contribution in [2.45, 2.75) is 23.8 Å². The van der Waals surface area contributed by atoms with Crippen molar-refractivity contribution in [2.24, 2.45) is 0 Å². The van der Waals surface area contributed by atoms with Crippen LogP contribution in [-0.2, 0) is 14.8 Å². The highest BCUT2D eigenvalue weighted by molar-refractivity contribution is 7.89. The standard InChI is InChI=1S/C12H17ClFNO4S/c1-12(16,5-6-19-2)8-15-20(17,18)11-7-9(14)3-4-10(11)13/h3-4,7,15-16H,5-6,8H2,1-2H3. The van der Waals surface area contributed by atoms with Gasteiger partial charge in [0.05, 0.1) is 10.6 Å². The van der Waals surface area contributed by atoms with E-state index in [-0.39, 0.29) is 29.5 Å². The van der Waals surface area contributed by atoms with Crippen LogP contribution < -0.4 is 4.72 Å². The van der Waals surface area contributed by atoms with Gasteiger partial charge in [-0.05, 0) is 25.1 Å². The van der Waals surface area contributed by atoms with Crippen molar-refractivity contribution in [1.29, 1.82) is 0 Å². The maximum absolute atomic E-state index is 13.1. The summed E-state index contributed by atoms with van der Waals surface area (Å²) in [5.41, 5.74) is -1.27. The van der Waals surface area contributed by atoms with Gasteiger partial charge in [0.1, 0.15) is 10.7 Å². The number of methoxy groups -OCH3 is 1. The van der Waals surface area contributed by atoms with Crippen LogP contribution in [0.25, 0.3) is 0 Å². The van der Waals surface area contributed by atoms with Crippen LogP contribution in [0.15, 0.2) is 23.1 Å². The largest absolute Gasteiger partial charge is 0.389 e. The van der Waals surface area contributed by atoms with E-state index in [0.29, 0.717) is 0 Å². The normalized spacial score (nSPS) is 15.1. The summed E-state index contributed by atoms with van der Waals surface area (Å²) in [6.45, 7) is 1.53. The number of hydrogen-bond donors (Lipinski definition) is 2. The Morgan fingerprint density at radius 2 is 2.15 bits per heavy atom. The van der Waals surface area contributed by atoms with E-state index in [9.17, 15) is 17.9 Å². The van der Waals surface area contributed by atoms with Crippen molar-refractivity contribution in [3.05, 3.63) is 29.0 Å². The number of aliphatic hydroxyl groups is 1. The second-order valence-electron chi connectivity index (χ2n) is 4.64. The lowest BCUT2D eigenvalue weighted by Crippen LogP contribution is -2.41. The Morgan fingerprint density at radius 1 is 1.50 bits per heavy atom. The minimum Gasteiger partial charge on any atom is -0.389 e. The van der Waals surface area contributed by atoms with Crippen LogP contribution in [0.4, 0.5) is 4.39 Å². The first kappa shape index (κ1) is 17.3. The highest BCUT2D eigenvalue weighted by Crippen LogP contribution is 2.22. The zero-order chi connectivity index (χ0) is 15.4. The molecule has 0 bridgehead atoms. The molecule has 0 saturated heterocycles. The SMILES string of the molecule is COCCC(C)(O)CNS(=O)(=O)c1cc(F)ccc1Cl. The van der Waals surface area contributed by atoms with E-state index in [4.69, 9.17) is 16.3 Å². The summed E-state index contributed by atoms with van der Waals surface area (Å²) in [4.78, 5) is -0.360. The lowest BCUT2D eigenvalue weighted by molar-refractivity contribution is 0.0292. The van der Waals surface area contributed by atoms with Gasteiger partial charge in [0, 0.05) is 26.7 Å². The summed E-state index contributed by atoms with van der Waals surface area (Å²) in [5, 5.41) is 9.88. The molecule has 2 N–H and O–H groups in total. The quantitative estimate of drug-likeness (QED) is 0.797. The van der Waals surface area contributed by atoms with E-state index in [1.54, 1.807) is 0 Å². The Bertz CT molecular complexity index is 563. The molecule has 0 radical (unpaired) electrons. The molecule has 0 spiro atoms. The molecule has 1 aromatic rings. The lowest BCUT2D eigenvalue weighted by Gasteiger charge is -2.23. The number of benzene rings is 1. The molecule has 1 atom stereocenters. The number of sulfonamides is 1. The molecule has 0 aliphatic rings. The van der Waals surface area contributed by atoms with Crippen LogP contribution in [0.1, 0.15) is 13.3 Å². The molecular weight excluding hydrogens is 309 g/mol. The summed E-state index contributed by atoms with van der Waals surface area (Å²) in [7, 11) is -2.52. The van der Waals surface area contributed by atoms with Gasteiger partial charge in [0.2, 0.25) is 10.0 Å². The van der Waals surface area contributed by atoms with Crippen molar-refractivity contribution in [1.82, 2.24) is 4.72 Å². The third-order valence-electron chi connectivity index (χ3n) is 2.67. The number of rotatable bonds is 7. The monoisotopic (exact) mass is 325 g/mol. The molecule has 1 aromatic carbocycles. The van der Waals surface area contributed by atoms with Gasteiger partial charge in [-0.15, -0.1) is 0 Å². The van der Waals surface area contributed by atoms with Crippen LogP contribution >= 0.6 is 11.6 Å². The van der Waals surface area contributed by atoms with Gasteiger partial charge in [-0.3, -0.25) is 0 Å². The molecule has 20 heavy (non-hydrogen) atoms. The van der Waals surface area contributed by atoms with Crippen LogP contribution in [-0.4, -0.2) is 39.4 Å². The maximum Gasteiger partial charge on any atom is 0.242 e. The fraction of sp³-hybridized carbons (Fsp3) is 0.500. The molecule has 114 valence electrons. The second kappa shape index (κ2) is 6.82. The number of hydrogen-bond acceptors (Lipinski definition) is 4. The predicted molar refractivity (Wildman–Crippen MR) is 73.7 cm³/mol. The summed E-state index contributed by atoms with van der Waals surface area (Å²) in [5.74, 6) is -0.707. The van der Waals surface area contributed by atoms with Gasteiger partial charge < -0.3 is 9.84 Å². The van der Waals surface area contributed by atoms with Crippen molar-refractivity contribution >= 4 is 21.6 Å². The van der Waals surface area contributed by atoms with E-state index in [1.165, 1.54) is 14.0 Å². The van der Waals surface area contributed by atoms with Crippen LogP contribution in [0, 0.1) is 5.82 Å². The molecule has 8 heteroatoms. The number of ether oxygens (including phenoxy) is 1. The molecule has 0 aliphatic heterocycles. The van der Waals surface area contributed by atoms with Crippen molar-refractivity contribution in [3.63, 3.8) is 0 Å². The topological polar surface area (TPSA) is 75.6 Å². The highest BCUT2D eigenvalue weighted by atomic mass is 35.5. The molecule has 0 saturated carbocycles. The average molecular weight is 326 g/mol. The zero-order valence-corrected chi connectivity index (χ0v) is 12.8. The molecule has 0 fully saturated rings. The third kappa shape index (κ3) is 4.99. The van der Waals surface area contributed by atoms with Gasteiger partial charge in [-0.1, -0.05) is 11.6 Å². The highest BCUT2D eigenvalue weighted by Gasteiger charge is 2.25. The Balaban J connectivity index is 2.83. The molecule has 0 aromatic heterocycles. The third-order valence-corrected chi connectivity index (χ3v) is 4.55. The van der Waals surface area contributed by atoms with Crippen LogP contribution in [0.2, 0.25) is 5.02 Å². The van der Waals surface area contributed by atoms with Gasteiger partial charge in [-0.2, -0.15) is 0 Å². The number of nitrogens with one attached hydrogen (secondary N) is 1. The van der Waals surface area contributed by atoms with E-state index >= 15 is 0 Å². The van der Waals surface area contributed by atoms with Crippen molar-refractivity contribution < 1.29 is 22.7 Å². The molecule has 0 heterocycles. The minimum absolute atomic E-state index is 0.0876. The Kier molecular flexibility index (Phi) is 5.91. The summed E-state index contributed by atoms with van der Waals surface area (Å²) in [6.07, 6.45) is 0.253. The van der Waals surface area contributed by atoms with E-state index in [2.05, 4.69) is 4.72 Å². The maximum atomic E-state index is 13.1. The molecule has 0 aliphatic carbocycles. The summed E-state index contributed by atoms with van der Waals surface area (Å²) >= 11 is 5.75. The van der Waals surface area contributed by atoms with E-state index < -0.39 is 21.4 Å². The first-order valence-electron chi connectivity index (χ1n) is 5.84. The molecular formula is C12H17ClFNO4S. The molecule has 5 nitrogen and oxygen atoms in total. The van der Waals surface area contributed by atoms with Gasteiger partial charge in [-0.25, -0.2) is 17.5 Å². The van der Waals surface area contributed by atoms with Gasteiger partial charge in [0.25, 0.3) is 0 Å². The smallest absolute Gasteiger partial charge is 0.242 e. The first-order chi connectivity index (χ1) is 9.18. The fourth-order valence-corrected chi connectivity index (χ4v) is 3.09. The van der Waals surface area contributed by atoms with Gasteiger partial charge >= 0.3 is 0 Å². The van der Waals surface area contributed by atoms with E-state index in [1.807, 2.05) is 0 Å². The first-order valence-corrected chi connectivity index (χ1v) is 7.70. The fourth-order valence-electron chi connectivity index (χ4n) is 1.42. The zero-order valence-electron chi connectivity index (χ0n) is 11.2. The summed E-state index contributed by atoms with van der Waals surface area (Å²) < 4.78 is 44.2. The average Bonchev–Trinajstić information content (AvgIpc) is 2.37. The lowest BCUT2D eigenvalue weighted by atomic mass is 10.0. The van der Waals surface area contributed by atoms with Crippen LogP contribution in [0.3, 0.4) is 0 Å². The Labute approximate surface area is 122 Å². The summed E-state index contributed by atoms with van der Waals surface area (Å²) in [6, 6.07) is 3.05. The number of halogens is 2. The predicted octanol–water partition coefficient (Wildman–Crippen LogP) is 1.54. The molecule has 1 rings (SSSR count). The minimum atomic E-state index is -3.99. The second-order valence-corrected chi connectivity index (χ2v) is 6.78.